The van der Waals surface area contributed by atoms with E-state index in [4.69, 9.17) is 4.74 Å². The number of nitrogens with one attached hydrogen (secondary N) is 1. The molecule has 110 valence electrons. The van der Waals surface area contributed by atoms with Gasteiger partial charge in [-0.25, -0.2) is 0 Å². The predicted octanol–water partition coefficient (Wildman–Crippen LogP) is 1.78. The first-order chi connectivity index (χ1) is 10.0. The number of morpholine rings is 1. The summed E-state index contributed by atoms with van der Waals surface area (Å²) in [6, 6.07) is 9.00. The van der Waals surface area contributed by atoms with Crippen molar-refractivity contribution in [1.29, 1.82) is 0 Å². The van der Waals surface area contributed by atoms with E-state index in [1.807, 2.05) is 32.0 Å². The monoisotopic (exact) mass is 286 g/mol. The summed E-state index contributed by atoms with van der Waals surface area (Å²) in [6.45, 7) is 4.97. The summed E-state index contributed by atoms with van der Waals surface area (Å²) < 4.78 is 5.63. The highest BCUT2D eigenvalue weighted by molar-refractivity contribution is 5.96. The van der Waals surface area contributed by atoms with Crippen LogP contribution in [0.15, 0.2) is 35.1 Å². The maximum atomic E-state index is 12.6. The predicted molar refractivity (Wildman–Crippen MR) is 80.5 cm³/mol. The van der Waals surface area contributed by atoms with Gasteiger partial charge in [0.2, 0.25) is 0 Å². The van der Waals surface area contributed by atoms with Gasteiger partial charge in [0.05, 0.1) is 12.2 Å². The van der Waals surface area contributed by atoms with Crippen molar-refractivity contribution in [2.45, 2.75) is 26.1 Å². The van der Waals surface area contributed by atoms with Crippen molar-refractivity contribution < 1.29 is 9.53 Å². The highest BCUT2D eigenvalue weighted by Gasteiger charge is 2.27. The standard InChI is InChI=1S/C16H18N2O3/c1-10-8-18(9-11(2)21-10)16(20)14-7-12-5-3-4-6-13(12)15(19)17-14/h3-7,10-11H,8-9H2,1-2H3,(H,17,19). The molecule has 1 N–H and O–H groups in total. The summed E-state index contributed by atoms with van der Waals surface area (Å²) >= 11 is 0. The lowest BCUT2D eigenvalue weighted by atomic mass is 10.1. The molecule has 1 aliphatic heterocycles. The molecular formula is C16H18N2O3. The number of ether oxygens (including phenoxy) is 1. The number of rotatable bonds is 1. The van der Waals surface area contributed by atoms with E-state index in [1.54, 1.807) is 17.0 Å². The highest BCUT2D eigenvalue weighted by Crippen LogP contribution is 2.15. The molecule has 2 unspecified atom stereocenters. The lowest BCUT2D eigenvalue weighted by molar-refractivity contribution is -0.0587. The second kappa shape index (κ2) is 5.33. The third-order valence-corrected chi connectivity index (χ3v) is 3.69. The maximum Gasteiger partial charge on any atom is 0.270 e. The van der Waals surface area contributed by atoms with Crippen LogP contribution in [0.4, 0.5) is 0 Å². The minimum absolute atomic E-state index is 0.00452. The molecule has 3 rings (SSSR count). The molecule has 1 saturated heterocycles. The number of carbonyl (C=O) groups excluding carboxylic acids is 1. The summed E-state index contributed by atoms with van der Waals surface area (Å²) in [5.74, 6) is -0.153. The molecule has 0 radical (unpaired) electrons. The van der Waals surface area contributed by atoms with Crippen molar-refractivity contribution in [3.63, 3.8) is 0 Å². The molecule has 1 fully saturated rings. The molecule has 21 heavy (non-hydrogen) atoms. The second-order valence-electron chi connectivity index (χ2n) is 5.57. The minimum Gasteiger partial charge on any atom is -0.372 e. The van der Waals surface area contributed by atoms with Gasteiger partial charge in [-0.2, -0.15) is 0 Å². The number of aromatic amines is 1. The molecule has 0 saturated carbocycles. The lowest BCUT2D eigenvalue weighted by Crippen LogP contribution is -2.48. The number of benzene rings is 1. The summed E-state index contributed by atoms with van der Waals surface area (Å²) in [5.41, 5.74) is 0.103. The zero-order valence-electron chi connectivity index (χ0n) is 12.1. The van der Waals surface area contributed by atoms with Crippen LogP contribution in [0.5, 0.6) is 0 Å². The fourth-order valence-electron chi connectivity index (χ4n) is 2.84. The summed E-state index contributed by atoms with van der Waals surface area (Å²) in [6.07, 6.45) is 0.00903. The van der Waals surface area contributed by atoms with Gasteiger partial charge < -0.3 is 14.6 Å². The van der Waals surface area contributed by atoms with Gasteiger partial charge in [-0.05, 0) is 31.4 Å². The van der Waals surface area contributed by atoms with E-state index >= 15 is 0 Å². The Labute approximate surface area is 122 Å². The van der Waals surface area contributed by atoms with Crippen molar-refractivity contribution in [3.8, 4) is 0 Å². The van der Waals surface area contributed by atoms with Crippen LogP contribution in [-0.4, -0.2) is 41.1 Å². The molecule has 1 aromatic heterocycles. The number of pyridine rings is 1. The Morgan fingerprint density at radius 2 is 1.90 bits per heavy atom. The van der Waals surface area contributed by atoms with Crippen LogP contribution in [0, 0.1) is 0 Å². The number of aromatic nitrogens is 1. The normalized spacial score (nSPS) is 22.5. The molecule has 2 aromatic rings. The van der Waals surface area contributed by atoms with Gasteiger partial charge in [0.15, 0.2) is 0 Å². The first kappa shape index (κ1) is 13.8. The Morgan fingerprint density at radius 3 is 2.62 bits per heavy atom. The number of carbonyl (C=O) groups is 1. The van der Waals surface area contributed by atoms with Gasteiger partial charge in [0.1, 0.15) is 5.69 Å². The first-order valence-corrected chi connectivity index (χ1v) is 7.11. The van der Waals surface area contributed by atoms with Crippen LogP contribution < -0.4 is 5.56 Å². The fraction of sp³-hybridized carbons (Fsp3) is 0.375. The van der Waals surface area contributed by atoms with Crippen molar-refractivity contribution in [3.05, 3.63) is 46.4 Å². The van der Waals surface area contributed by atoms with Crippen molar-refractivity contribution >= 4 is 16.7 Å². The van der Waals surface area contributed by atoms with E-state index in [1.165, 1.54) is 0 Å². The van der Waals surface area contributed by atoms with Crippen molar-refractivity contribution in [1.82, 2.24) is 9.88 Å². The van der Waals surface area contributed by atoms with E-state index in [0.717, 1.165) is 5.39 Å². The maximum absolute atomic E-state index is 12.6. The highest BCUT2D eigenvalue weighted by atomic mass is 16.5. The molecule has 0 aliphatic carbocycles. The van der Waals surface area contributed by atoms with Crippen LogP contribution in [0.25, 0.3) is 10.8 Å². The summed E-state index contributed by atoms with van der Waals surface area (Å²) in [4.78, 5) is 29.1. The SMILES string of the molecule is CC1CN(C(=O)c2cc3ccccc3c(=O)[nH]2)CC(C)O1. The van der Waals surface area contributed by atoms with E-state index in [0.29, 0.717) is 24.2 Å². The average Bonchev–Trinajstić information content (AvgIpc) is 2.45. The van der Waals surface area contributed by atoms with E-state index < -0.39 is 0 Å². The quantitative estimate of drug-likeness (QED) is 0.869. The average molecular weight is 286 g/mol. The first-order valence-electron chi connectivity index (χ1n) is 7.11. The van der Waals surface area contributed by atoms with Gasteiger partial charge in [0, 0.05) is 18.5 Å². The van der Waals surface area contributed by atoms with Gasteiger partial charge in [-0.15, -0.1) is 0 Å². The topological polar surface area (TPSA) is 62.4 Å². The Bertz CT molecular complexity index is 728. The van der Waals surface area contributed by atoms with Crippen LogP contribution in [0.3, 0.4) is 0 Å². The molecule has 0 spiro atoms. The zero-order valence-corrected chi connectivity index (χ0v) is 12.1. The van der Waals surface area contributed by atoms with E-state index in [-0.39, 0.29) is 23.7 Å². The third kappa shape index (κ3) is 2.69. The summed E-state index contributed by atoms with van der Waals surface area (Å²) in [7, 11) is 0. The number of H-pyrrole nitrogens is 1. The minimum atomic E-state index is -0.231. The van der Waals surface area contributed by atoms with Crippen LogP contribution in [-0.2, 0) is 4.74 Å². The molecule has 2 atom stereocenters. The molecule has 5 heteroatoms. The molecule has 2 heterocycles. The van der Waals surface area contributed by atoms with E-state index in [9.17, 15) is 9.59 Å². The number of hydrogen-bond donors (Lipinski definition) is 1. The zero-order chi connectivity index (χ0) is 15.0. The Hall–Kier alpha value is -2.14. The molecule has 1 aromatic carbocycles. The van der Waals surface area contributed by atoms with E-state index in [2.05, 4.69) is 4.98 Å². The lowest BCUT2D eigenvalue weighted by Gasteiger charge is -2.35. The van der Waals surface area contributed by atoms with Gasteiger partial charge >= 0.3 is 0 Å². The number of amides is 1. The third-order valence-electron chi connectivity index (χ3n) is 3.69. The molecule has 5 nitrogen and oxygen atoms in total. The largest absolute Gasteiger partial charge is 0.372 e. The van der Waals surface area contributed by atoms with Crippen molar-refractivity contribution in [2.24, 2.45) is 0 Å². The fourth-order valence-corrected chi connectivity index (χ4v) is 2.84. The Kier molecular flexibility index (Phi) is 3.51. The number of fused-ring (bicyclic) bond motifs is 1. The molecule has 1 aliphatic rings. The van der Waals surface area contributed by atoms with Crippen LogP contribution >= 0.6 is 0 Å². The van der Waals surface area contributed by atoms with Gasteiger partial charge in [0.25, 0.3) is 11.5 Å². The number of hydrogen-bond acceptors (Lipinski definition) is 3. The molecular weight excluding hydrogens is 268 g/mol. The van der Waals surface area contributed by atoms with Crippen molar-refractivity contribution in [2.75, 3.05) is 13.1 Å². The Balaban J connectivity index is 1.96. The molecule has 1 amide bonds. The number of nitrogens with zero attached hydrogens (tertiary/aromatic N) is 1. The second-order valence-corrected chi connectivity index (χ2v) is 5.57. The van der Waals surface area contributed by atoms with Gasteiger partial charge in [-0.3, -0.25) is 9.59 Å². The smallest absolute Gasteiger partial charge is 0.270 e. The van der Waals surface area contributed by atoms with Gasteiger partial charge in [-0.1, -0.05) is 18.2 Å². The summed E-state index contributed by atoms with van der Waals surface area (Å²) in [5, 5.41) is 1.37. The van der Waals surface area contributed by atoms with Crippen LogP contribution in [0.1, 0.15) is 24.3 Å². The van der Waals surface area contributed by atoms with Crippen LogP contribution in [0.2, 0.25) is 0 Å². The molecule has 0 bridgehead atoms. The Morgan fingerprint density at radius 1 is 1.24 bits per heavy atom.